The van der Waals surface area contributed by atoms with Crippen LogP contribution >= 0.6 is 0 Å². The van der Waals surface area contributed by atoms with Crippen LogP contribution in [-0.2, 0) is 4.74 Å². The maximum Gasteiger partial charge on any atom is 0.0778 e. The smallest absolute Gasteiger partial charge is 0.0778 e. The van der Waals surface area contributed by atoms with Crippen molar-refractivity contribution in [2.45, 2.75) is 64.4 Å². The van der Waals surface area contributed by atoms with E-state index in [1.54, 1.807) is 0 Å². The molecule has 0 saturated heterocycles. The van der Waals surface area contributed by atoms with E-state index < -0.39 is 0 Å². The minimum absolute atomic E-state index is 0.338. The van der Waals surface area contributed by atoms with Gasteiger partial charge in [-0.05, 0) is 73.7 Å². The fourth-order valence-electron chi connectivity index (χ4n) is 5.53. The van der Waals surface area contributed by atoms with E-state index in [0.717, 1.165) is 29.6 Å². The zero-order valence-corrected chi connectivity index (χ0v) is 12.7. The lowest BCUT2D eigenvalue weighted by molar-refractivity contribution is 0.0194. The van der Waals surface area contributed by atoms with E-state index in [4.69, 9.17) is 4.74 Å². The van der Waals surface area contributed by atoms with Crippen LogP contribution in [0.3, 0.4) is 0 Å². The summed E-state index contributed by atoms with van der Waals surface area (Å²) in [4.78, 5) is 0. The Kier molecular flexibility index (Phi) is 4.03. The summed E-state index contributed by atoms with van der Waals surface area (Å²) in [5.74, 6) is 4.91. The van der Waals surface area contributed by atoms with E-state index in [1.165, 1.54) is 56.9 Å². The van der Waals surface area contributed by atoms with Gasteiger partial charge in [-0.15, -0.1) is 0 Å². The first-order valence-corrected chi connectivity index (χ1v) is 8.41. The van der Waals surface area contributed by atoms with Crippen molar-refractivity contribution in [2.24, 2.45) is 29.6 Å². The lowest BCUT2D eigenvalue weighted by Crippen LogP contribution is -2.39. The molecular formula is C18H30O. The summed E-state index contributed by atoms with van der Waals surface area (Å²) >= 11 is 0. The Labute approximate surface area is 118 Å². The molecule has 108 valence electrons. The molecule has 0 aromatic rings. The normalized spacial score (nSPS) is 47.2. The molecule has 3 aliphatic carbocycles. The number of hydrogen-bond donors (Lipinski definition) is 0. The number of fused-ring (bicyclic) bond motifs is 3. The highest BCUT2D eigenvalue weighted by Crippen LogP contribution is 2.52. The van der Waals surface area contributed by atoms with E-state index in [1.807, 2.05) is 7.11 Å². The highest BCUT2D eigenvalue weighted by Gasteiger charge is 2.44. The summed E-state index contributed by atoms with van der Waals surface area (Å²) < 4.78 is 5.65. The van der Waals surface area contributed by atoms with Gasteiger partial charge in [0.1, 0.15) is 0 Å². The van der Waals surface area contributed by atoms with Crippen molar-refractivity contribution in [2.75, 3.05) is 7.11 Å². The Morgan fingerprint density at radius 2 is 1.74 bits per heavy atom. The second kappa shape index (κ2) is 5.60. The molecular weight excluding hydrogens is 232 g/mol. The highest BCUT2D eigenvalue weighted by molar-refractivity contribution is 5.08. The van der Waals surface area contributed by atoms with Crippen molar-refractivity contribution in [1.82, 2.24) is 0 Å². The lowest BCUT2D eigenvalue weighted by Gasteiger charge is -2.48. The molecule has 5 unspecified atom stereocenters. The van der Waals surface area contributed by atoms with Gasteiger partial charge in [0.15, 0.2) is 0 Å². The molecule has 0 spiro atoms. The summed E-state index contributed by atoms with van der Waals surface area (Å²) in [5, 5.41) is 0. The third kappa shape index (κ3) is 2.51. The third-order valence-corrected chi connectivity index (χ3v) is 6.53. The Bertz CT molecular complexity index is 335. The molecule has 0 amide bonds. The van der Waals surface area contributed by atoms with E-state index in [0.29, 0.717) is 6.10 Å². The maximum absolute atomic E-state index is 5.65. The molecule has 0 bridgehead atoms. The second-order valence-electron chi connectivity index (χ2n) is 7.40. The van der Waals surface area contributed by atoms with Gasteiger partial charge in [0.2, 0.25) is 0 Å². The van der Waals surface area contributed by atoms with Crippen LogP contribution in [0, 0.1) is 29.6 Å². The van der Waals surface area contributed by atoms with E-state index in [2.05, 4.69) is 13.5 Å². The van der Waals surface area contributed by atoms with Gasteiger partial charge < -0.3 is 4.74 Å². The van der Waals surface area contributed by atoms with Gasteiger partial charge in [0, 0.05) is 7.11 Å². The molecule has 0 radical (unpaired) electrons. The Hall–Kier alpha value is -0.300. The molecule has 3 saturated carbocycles. The number of rotatable bonds is 1. The summed E-state index contributed by atoms with van der Waals surface area (Å²) in [6, 6.07) is 0. The Morgan fingerprint density at radius 3 is 2.53 bits per heavy atom. The van der Waals surface area contributed by atoms with Crippen molar-refractivity contribution in [3.8, 4) is 0 Å². The van der Waals surface area contributed by atoms with Crippen LogP contribution in [-0.4, -0.2) is 13.2 Å². The van der Waals surface area contributed by atoms with Crippen LogP contribution < -0.4 is 0 Å². The average Bonchev–Trinajstić information content (AvgIpc) is 2.57. The molecule has 0 aromatic heterocycles. The third-order valence-electron chi connectivity index (χ3n) is 6.53. The molecule has 3 fully saturated rings. The molecule has 6 atom stereocenters. The molecule has 1 heteroatoms. The molecule has 0 aromatic carbocycles. The fraction of sp³-hybridized carbons (Fsp3) is 0.889. The molecule has 1 nitrogen and oxygen atoms in total. The molecule has 0 heterocycles. The van der Waals surface area contributed by atoms with Crippen LogP contribution in [0.15, 0.2) is 12.2 Å². The molecule has 0 aliphatic heterocycles. The first-order chi connectivity index (χ1) is 9.20. The number of methoxy groups -OCH3 is 1. The molecule has 3 aliphatic rings. The monoisotopic (exact) mass is 262 g/mol. The summed E-state index contributed by atoms with van der Waals surface area (Å²) in [7, 11) is 1.86. The zero-order valence-electron chi connectivity index (χ0n) is 12.7. The van der Waals surface area contributed by atoms with Gasteiger partial charge in [-0.2, -0.15) is 0 Å². The van der Waals surface area contributed by atoms with Crippen molar-refractivity contribution >= 4 is 0 Å². The Balaban J connectivity index is 1.77. The summed E-state index contributed by atoms with van der Waals surface area (Å²) in [5.41, 5.74) is 1.37. The van der Waals surface area contributed by atoms with Crippen LogP contribution in [0.1, 0.15) is 58.3 Å². The largest absolute Gasteiger partial charge is 0.377 e. The fourth-order valence-corrected chi connectivity index (χ4v) is 5.53. The van der Waals surface area contributed by atoms with Gasteiger partial charge in [0.25, 0.3) is 0 Å². The quantitative estimate of drug-likeness (QED) is 0.616. The first kappa shape index (κ1) is 13.7. The van der Waals surface area contributed by atoms with Gasteiger partial charge in [-0.1, -0.05) is 26.3 Å². The SMILES string of the molecule is C=C1CC2CCC3C(CCC[C@@H]3C)C2CCC1OC. The number of ether oxygens (including phenoxy) is 1. The van der Waals surface area contributed by atoms with Crippen molar-refractivity contribution < 1.29 is 4.74 Å². The van der Waals surface area contributed by atoms with Gasteiger partial charge >= 0.3 is 0 Å². The zero-order chi connectivity index (χ0) is 13.4. The second-order valence-corrected chi connectivity index (χ2v) is 7.40. The predicted octanol–water partition coefficient (Wildman–Crippen LogP) is 4.82. The van der Waals surface area contributed by atoms with Crippen molar-refractivity contribution in [1.29, 1.82) is 0 Å². The van der Waals surface area contributed by atoms with Crippen LogP contribution in [0.25, 0.3) is 0 Å². The topological polar surface area (TPSA) is 9.23 Å². The summed E-state index contributed by atoms with van der Waals surface area (Å²) in [6.07, 6.45) is 11.6. The van der Waals surface area contributed by atoms with E-state index in [-0.39, 0.29) is 0 Å². The number of hydrogen-bond acceptors (Lipinski definition) is 1. The standard InChI is InChI=1S/C18H30O/c1-12-5-4-6-17-15(12)8-7-14-11-13(2)18(19-3)10-9-16(14)17/h12,14-18H,2,4-11H2,1,3H3/t12-,14?,15?,16?,17?,18?/m0/s1. The minimum atomic E-state index is 0.338. The average molecular weight is 262 g/mol. The Morgan fingerprint density at radius 1 is 0.947 bits per heavy atom. The molecule has 19 heavy (non-hydrogen) atoms. The van der Waals surface area contributed by atoms with Gasteiger partial charge in [-0.25, -0.2) is 0 Å². The van der Waals surface area contributed by atoms with E-state index >= 15 is 0 Å². The van der Waals surface area contributed by atoms with E-state index in [9.17, 15) is 0 Å². The molecule has 0 N–H and O–H groups in total. The lowest BCUT2D eigenvalue weighted by atomic mass is 9.57. The van der Waals surface area contributed by atoms with Crippen LogP contribution in [0.5, 0.6) is 0 Å². The first-order valence-electron chi connectivity index (χ1n) is 8.41. The molecule has 3 rings (SSSR count). The van der Waals surface area contributed by atoms with Crippen molar-refractivity contribution in [3.05, 3.63) is 12.2 Å². The van der Waals surface area contributed by atoms with Gasteiger partial charge in [-0.3, -0.25) is 0 Å². The van der Waals surface area contributed by atoms with Crippen LogP contribution in [0.4, 0.5) is 0 Å². The van der Waals surface area contributed by atoms with Gasteiger partial charge in [0.05, 0.1) is 6.10 Å². The minimum Gasteiger partial charge on any atom is -0.377 e. The maximum atomic E-state index is 5.65. The van der Waals surface area contributed by atoms with Crippen LogP contribution in [0.2, 0.25) is 0 Å². The van der Waals surface area contributed by atoms with Crippen molar-refractivity contribution in [3.63, 3.8) is 0 Å². The summed E-state index contributed by atoms with van der Waals surface area (Å²) in [6.45, 7) is 6.82. The predicted molar refractivity (Wildman–Crippen MR) is 80.0 cm³/mol. The highest BCUT2D eigenvalue weighted by atomic mass is 16.5.